The number of pyridine rings is 1. The zero-order chi connectivity index (χ0) is 13.5. The van der Waals surface area contributed by atoms with Crippen molar-refractivity contribution in [1.82, 2.24) is 9.88 Å². The van der Waals surface area contributed by atoms with Gasteiger partial charge in [-0.15, -0.1) is 0 Å². The first-order valence-corrected chi connectivity index (χ1v) is 5.27. The van der Waals surface area contributed by atoms with Gasteiger partial charge in [0.25, 0.3) is 5.91 Å². The number of esters is 1. The lowest BCUT2D eigenvalue weighted by Crippen LogP contribution is -2.29. The van der Waals surface area contributed by atoms with E-state index in [2.05, 4.69) is 9.72 Å². The van der Waals surface area contributed by atoms with E-state index in [9.17, 15) is 9.59 Å². The number of nitrogens with zero attached hydrogens (tertiary/aromatic N) is 3. The van der Waals surface area contributed by atoms with Crippen molar-refractivity contribution in [2.24, 2.45) is 0 Å². The Morgan fingerprint density at radius 2 is 2.22 bits per heavy atom. The molecule has 0 bridgehead atoms. The molecular formula is C12H13N3O3. The van der Waals surface area contributed by atoms with E-state index in [1.54, 1.807) is 7.05 Å². The van der Waals surface area contributed by atoms with Gasteiger partial charge in [0.05, 0.1) is 19.1 Å². The van der Waals surface area contributed by atoms with Crippen LogP contribution in [0.4, 0.5) is 0 Å². The monoisotopic (exact) mass is 247 g/mol. The molecule has 1 aromatic heterocycles. The first-order chi connectivity index (χ1) is 8.58. The highest BCUT2D eigenvalue weighted by atomic mass is 16.5. The quantitative estimate of drug-likeness (QED) is 0.727. The zero-order valence-corrected chi connectivity index (χ0v) is 10.2. The highest BCUT2D eigenvalue weighted by Crippen LogP contribution is 2.03. The molecule has 18 heavy (non-hydrogen) atoms. The lowest BCUT2D eigenvalue weighted by atomic mass is 10.2. The van der Waals surface area contributed by atoms with Crippen LogP contribution in [0.2, 0.25) is 0 Å². The Bertz CT molecular complexity index is 476. The van der Waals surface area contributed by atoms with E-state index in [1.165, 1.54) is 30.3 Å². The van der Waals surface area contributed by atoms with Crippen LogP contribution >= 0.6 is 0 Å². The number of nitriles is 1. The number of methoxy groups -OCH3 is 1. The Morgan fingerprint density at radius 1 is 1.50 bits per heavy atom. The van der Waals surface area contributed by atoms with Gasteiger partial charge in [-0.1, -0.05) is 0 Å². The lowest BCUT2D eigenvalue weighted by Gasteiger charge is -2.15. The van der Waals surface area contributed by atoms with Crippen molar-refractivity contribution < 1.29 is 14.3 Å². The molecule has 0 saturated heterocycles. The van der Waals surface area contributed by atoms with Crippen LogP contribution in [-0.4, -0.2) is 42.5 Å². The molecule has 0 unspecified atom stereocenters. The number of ether oxygens (including phenoxy) is 1. The fourth-order valence-electron chi connectivity index (χ4n) is 1.24. The van der Waals surface area contributed by atoms with Gasteiger partial charge >= 0.3 is 5.97 Å². The summed E-state index contributed by atoms with van der Waals surface area (Å²) in [5.74, 6) is -0.675. The maximum absolute atomic E-state index is 11.9. The van der Waals surface area contributed by atoms with Gasteiger partial charge in [-0.2, -0.15) is 5.26 Å². The zero-order valence-electron chi connectivity index (χ0n) is 10.2. The molecule has 0 fully saturated rings. The van der Waals surface area contributed by atoms with Crippen LogP contribution in [-0.2, 0) is 9.53 Å². The van der Waals surface area contributed by atoms with E-state index < -0.39 is 0 Å². The van der Waals surface area contributed by atoms with Crippen molar-refractivity contribution in [3.05, 3.63) is 29.6 Å². The third-order valence-corrected chi connectivity index (χ3v) is 2.34. The predicted octanol–water partition coefficient (Wildman–Crippen LogP) is 0.588. The number of carbonyl (C=O) groups is 2. The number of hydrogen-bond acceptors (Lipinski definition) is 5. The largest absolute Gasteiger partial charge is 0.469 e. The minimum Gasteiger partial charge on any atom is -0.469 e. The van der Waals surface area contributed by atoms with Crippen molar-refractivity contribution in [1.29, 1.82) is 5.26 Å². The van der Waals surface area contributed by atoms with E-state index in [4.69, 9.17) is 5.26 Å². The molecule has 0 aliphatic rings. The van der Waals surface area contributed by atoms with Gasteiger partial charge in [0.2, 0.25) is 0 Å². The smallest absolute Gasteiger partial charge is 0.307 e. The first kappa shape index (κ1) is 13.6. The van der Waals surface area contributed by atoms with Gasteiger partial charge in [0.1, 0.15) is 11.8 Å². The summed E-state index contributed by atoms with van der Waals surface area (Å²) < 4.78 is 4.49. The van der Waals surface area contributed by atoms with Crippen LogP contribution in [0.25, 0.3) is 0 Å². The van der Waals surface area contributed by atoms with Crippen LogP contribution in [0.3, 0.4) is 0 Å². The topological polar surface area (TPSA) is 83.3 Å². The molecule has 0 atom stereocenters. The molecule has 0 aliphatic carbocycles. The Labute approximate surface area is 105 Å². The van der Waals surface area contributed by atoms with Gasteiger partial charge in [0, 0.05) is 19.8 Å². The van der Waals surface area contributed by atoms with Crippen LogP contribution in [0.15, 0.2) is 18.3 Å². The summed E-state index contributed by atoms with van der Waals surface area (Å²) >= 11 is 0. The molecule has 1 rings (SSSR count). The summed E-state index contributed by atoms with van der Waals surface area (Å²) in [5, 5.41) is 8.61. The number of amides is 1. The molecule has 0 spiro atoms. The van der Waals surface area contributed by atoms with E-state index >= 15 is 0 Å². The van der Waals surface area contributed by atoms with Crippen molar-refractivity contribution in [2.45, 2.75) is 6.42 Å². The van der Waals surface area contributed by atoms with Crippen molar-refractivity contribution in [2.75, 3.05) is 20.7 Å². The summed E-state index contributed by atoms with van der Waals surface area (Å²) in [6, 6.07) is 4.93. The highest BCUT2D eigenvalue weighted by molar-refractivity contribution is 5.92. The average Bonchev–Trinajstić information content (AvgIpc) is 2.43. The van der Waals surface area contributed by atoms with Crippen molar-refractivity contribution in [3.63, 3.8) is 0 Å². The Kier molecular flexibility index (Phi) is 4.81. The van der Waals surface area contributed by atoms with E-state index in [-0.39, 0.29) is 30.5 Å². The molecule has 0 N–H and O–H groups in total. The minimum atomic E-state index is -0.373. The van der Waals surface area contributed by atoms with E-state index in [0.29, 0.717) is 5.56 Å². The van der Waals surface area contributed by atoms with Gasteiger partial charge < -0.3 is 9.64 Å². The van der Waals surface area contributed by atoms with Crippen molar-refractivity contribution in [3.8, 4) is 6.07 Å². The maximum Gasteiger partial charge on any atom is 0.307 e. The second-order valence-electron chi connectivity index (χ2n) is 3.60. The van der Waals surface area contributed by atoms with Crippen LogP contribution in [0, 0.1) is 11.3 Å². The number of hydrogen-bond donors (Lipinski definition) is 0. The molecule has 1 heterocycles. The van der Waals surface area contributed by atoms with Gasteiger partial charge in [-0.25, -0.2) is 4.98 Å². The number of rotatable bonds is 4. The van der Waals surface area contributed by atoms with Crippen LogP contribution in [0.5, 0.6) is 0 Å². The number of aromatic nitrogens is 1. The molecule has 0 saturated carbocycles. The summed E-state index contributed by atoms with van der Waals surface area (Å²) in [5.41, 5.74) is 0.630. The normalized spacial score (nSPS) is 9.39. The lowest BCUT2D eigenvalue weighted by molar-refractivity contribution is -0.140. The highest BCUT2D eigenvalue weighted by Gasteiger charge is 2.14. The molecule has 1 amide bonds. The Hall–Kier alpha value is -2.42. The third kappa shape index (κ3) is 3.56. The van der Waals surface area contributed by atoms with E-state index in [1.807, 2.05) is 6.07 Å². The molecular weight excluding hydrogens is 234 g/mol. The fraction of sp³-hybridized carbons (Fsp3) is 0.333. The molecule has 0 radical (unpaired) electrons. The second kappa shape index (κ2) is 6.35. The third-order valence-electron chi connectivity index (χ3n) is 2.34. The second-order valence-corrected chi connectivity index (χ2v) is 3.60. The fourth-order valence-corrected chi connectivity index (χ4v) is 1.24. The van der Waals surface area contributed by atoms with Gasteiger partial charge in [-0.3, -0.25) is 9.59 Å². The van der Waals surface area contributed by atoms with E-state index in [0.717, 1.165) is 0 Å². The summed E-state index contributed by atoms with van der Waals surface area (Å²) in [6.45, 7) is 0.257. The van der Waals surface area contributed by atoms with Gasteiger partial charge in [-0.05, 0) is 12.1 Å². The first-order valence-electron chi connectivity index (χ1n) is 5.27. The molecule has 1 aromatic rings. The standard InChI is InChI=1S/C12H13N3O3/c1-15(6-5-11(16)18-2)12(17)10-4-3-9(7-13)8-14-10/h3-4,8H,5-6H2,1-2H3. The number of carbonyl (C=O) groups excluding carboxylic acids is 2. The molecule has 0 aromatic carbocycles. The SMILES string of the molecule is COC(=O)CCN(C)C(=O)c1ccc(C#N)cn1. The Balaban J connectivity index is 2.63. The van der Waals surface area contributed by atoms with Crippen molar-refractivity contribution >= 4 is 11.9 Å². The molecule has 6 nitrogen and oxygen atoms in total. The predicted molar refractivity (Wildman–Crippen MR) is 62.5 cm³/mol. The molecule has 0 aliphatic heterocycles. The van der Waals surface area contributed by atoms with Crippen LogP contribution in [0.1, 0.15) is 22.5 Å². The Morgan fingerprint density at radius 3 is 2.72 bits per heavy atom. The summed E-state index contributed by atoms with van der Waals surface area (Å²) in [4.78, 5) is 28.1. The van der Waals surface area contributed by atoms with Gasteiger partial charge in [0.15, 0.2) is 0 Å². The minimum absolute atomic E-state index is 0.134. The summed E-state index contributed by atoms with van der Waals surface area (Å²) in [7, 11) is 2.87. The maximum atomic E-state index is 11.9. The molecule has 94 valence electrons. The van der Waals surface area contributed by atoms with Crippen LogP contribution < -0.4 is 0 Å². The summed E-state index contributed by atoms with van der Waals surface area (Å²) in [6.07, 6.45) is 1.47. The average molecular weight is 247 g/mol. The molecule has 6 heteroatoms.